The lowest BCUT2D eigenvalue weighted by Gasteiger charge is -2.57. The van der Waals surface area contributed by atoms with Crippen LogP contribution in [0.15, 0.2) is 0 Å². The number of hydrogen-bond donors (Lipinski definition) is 3. The van der Waals surface area contributed by atoms with Gasteiger partial charge >= 0.3 is 0 Å². The van der Waals surface area contributed by atoms with Crippen molar-refractivity contribution >= 4 is 23.6 Å². The van der Waals surface area contributed by atoms with Gasteiger partial charge in [0, 0.05) is 13.0 Å². The lowest BCUT2D eigenvalue weighted by Crippen LogP contribution is -2.78. The Morgan fingerprint density at radius 1 is 1.22 bits per heavy atom. The van der Waals surface area contributed by atoms with Crippen molar-refractivity contribution in [2.75, 3.05) is 19.6 Å². The first kappa shape index (κ1) is 17.2. The van der Waals surface area contributed by atoms with E-state index in [1.54, 1.807) is 0 Å². The zero-order chi connectivity index (χ0) is 17.2. The van der Waals surface area contributed by atoms with Gasteiger partial charge in [-0.3, -0.25) is 19.2 Å². The van der Waals surface area contributed by atoms with Gasteiger partial charge in [-0.1, -0.05) is 0 Å². The van der Waals surface area contributed by atoms with E-state index in [0.29, 0.717) is 13.0 Å². The number of carbonyl (C=O) groups excluding carboxylic acids is 4. The SMILES string of the molecule is NCC(=O)N1CCCCC12CN([C@@H](CCC(N)=O)C(N)=O)C2=O. The highest BCUT2D eigenvalue weighted by Crippen LogP contribution is 2.39. The van der Waals surface area contributed by atoms with Crippen molar-refractivity contribution in [2.24, 2.45) is 17.2 Å². The molecule has 2 atom stereocenters. The minimum absolute atomic E-state index is 0.0319. The summed E-state index contributed by atoms with van der Waals surface area (Å²) in [5.41, 5.74) is 15.0. The first-order valence-corrected chi connectivity index (χ1v) is 7.72. The summed E-state index contributed by atoms with van der Waals surface area (Å²) >= 11 is 0. The largest absolute Gasteiger partial charge is 0.370 e. The highest BCUT2D eigenvalue weighted by molar-refractivity contribution is 6.00. The molecule has 2 saturated heterocycles. The second kappa shape index (κ2) is 6.53. The van der Waals surface area contributed by atoms with E-state index in [1.165, 1.54) is 9.80 Å². The van der Waals surface area contributed by atoms with Crippen LogP contribution in [0.2, 0.25) is 0 Å². The molecule has 0 aliphatic carbocycles. The summed E-state index contributed by atoms with van der Waals surface area (Å²) in [6.07, 6.45) is 2.26. The van der Waals surface area contributed by atoms with E-state index in [9.17, 15) is 19.2 Å². The Kier molecular flexibility index (Phi) is 4.88. The third kappa shape index (κ3) is 3.00. The number of carbonyl (C=O) groups is 4. The van der Waals surface area contributed by atoms with Crippen LogP contribution in [0.3, 0.4) is 0 Å². The molecule has 1 unspecified atom stereocenters. The summed E-state index contributed by atoms with van der Waals surface area (Å²) in [6, 6.07) is -0.877. The second-order valence-electron chi connectivity index (χ2n) is 6.09. The van der Waals surface area contributed by atoms with Crippen molar-refractivity contribution in [3.63, 3.8) is 0 Å². The number of hydrogen-bond acceptors (Lipinski definition) is 5. The van der Waals surface area contributed by atoms with Crippen LogP contribution in [-0.2, 0) is 19.2 Å². The average Bonchev–Trinajstić information content (AvgIpc) is 2.52. The van der Waals surface area contributed by atoms with Gasteiger partial charge < -0.3 is 27.0 Å². The Bertz CT molecular complexity index is 537. The van der Waals surface area contributed by atoms with E-state index < -0.39 is 23.4 Å². The van der Waals surface area contributed by atoms with Gasteiger partial charge in [-0.25, -0.2) is 0 Å². The number of β-lactam (4-membered cyclic amide) rings is 1. The molecule has 0 radical (unpaired) electrons. The van der Waals surface area contributed by atoms with Crippen molar-refractivity contribution in [1.29, 1.82) is 0 Å². The molecule has 9 heteroatoms. The predicted molar refractivity (Wildman–Crippen MR) is 80.5 cm³/mol. The van der Waals surface area contributed by atoms with Crippen LogP contribution in [0.5, 0.6) is 0 Å². The Labute approximate surface area is 134 Å². The number of nitrogens with zero attached hydrogens (tertiary/aromatic N) is 2. The highest BCUT2D eigenvalue weighted by atomic mass is 16.2. The van der Waals surface area contributed by atoms with Crippen LogP contribution >= 0.6 is 0 Å². The molecular weight excluding hydrogens is 302 g/mol. The maximum absolute atomic E-state index is 12.7. The molecule has 128 valence electrons. The molecule has 4 amide bonds. The predicted octanol–water partition coefficient (Wildman–Crippen LogP) is -2.34. The lowest BCUT2D eigenvalue weighted by molar-refractivity contribution is -0.180. The van der Waals surface area contributed by atoms with Crippen molar-refractivity contribution in [3.05, 3.63) is 0 Å². The maximum atomic E-state index is 12.7. The minimum Gasteiger partial charge on any atom is -0.370 e. The van der Waals surface area contributed by atoms with Gasteiger partial charge in [0.15, 0.2) is 0 Å². The van der Waals surface area contributed by atoms with E-state index in [4.69, 9.17) is 17.2 Å². The molecule has 23 heavy (non-hydrogen) atoms. The third-order valence-corrected chi connectivity index (χ3v) is 4.67. The standard InChI is InChI=1S/C14H23N5O4/c15-7-11(21)19-6-2-1-5-14(19)8-18(13(14)23)9(12(17)22)3-4-10(16)20/h9H,1-8,15H2,(H2,16,20)(H2,17,22)/t9-,14?/m0/s1. The van der Waals surface area contributed by atoms with E-state index >= 15 is 0 Å². The van der Waals surface area contributed by atoms with E-state index in [1.807, 2.05) is 0 Å². The molecule has 2 heterocycles. The molecule has 9 nitrogen and oxygen atoms in total. The molecule has 0 bridgehead atoms. The molecule has 0 aromatic heterocycles. The van der Waals surface area contributed by atoms with Crippen LogP contribution < -0.4 is 17.2 Å². The smallest absolute Gasteiger partial charge is 0.251 e. The molecule has 6 N–H and O–H groups in total. The minimum atomic E-state index is -0.908. The number of nitrogens with two attached hydrogens (primary N) is 3. The van der Waals surface area contributed by atoms with E-state index in [2.05, 4.69) is 0 Å². The summed E-state index contributed by atoms with van der Waals surface area (Å²) in [5.74, 6) is -1.81. The highest BCUT2D eigenvalue weighted by Gasteiger charge is 2.59. The maximum Gasteiger partial charge on any atom is 0.251 e. The number of rotatable bonds is 6. The van der Waals surface area contributed by atoms with Gasteiger partial charge in [0.05, 0.1) is 13.1 Å². The van der Waals surface area contributed by atoms with Crippen LogP contribution in [0.4, 0.5) is 0 Å². The van der Waals surface area contributed by atoms with Gasteiger partial charge in [-0.05, 0) is 25.7 Å². The van der Waals surface area contributed by atoms with Gasteiger partial charge in [0.25, 0.3) is 5.91 Å². The molecule has 1 spiro atoms. The Morgan fingerprint density at radius 3 is 2.43 bits per heavy atom. The summed E-state index contributed by atoms with van der Waals surface area (Å²) in [6.45, 7) is 0.567. The fourth-order valence-corrected chi connectivity index (χ4v) is 3.48. The Hall–Kier alpha value is -2.16. The summed E-state index contributed by atoms with van der Waals surface area (Å²) in [5, 5.41) is 0. The van der Waals surface area contributed by atoms with E-state index in [-0.39, 0.29) is 37.7 Å². The van der Waals surface area contributed by atoms with Crippen LogP contribution in [0.25, 0.3) is 0 Å². The zero-order valence-electron chi connectivity index (χ0n) is 13.0. The number of amides is 4. The van der Waals surface area contributed by atoms with Gasteiger partial charge in [-0.15, -0.1) is 0 Å². The first-order chi connectivity index (χ1) is 10.8. The average molecular weight is 325 g/mol. The molecule has 2 aliphatic rings. The van der Waals surface area contributed by atoms with Crippen LogP contribution in [-0.4, -0.2) is 64.6 Å². The van der Waals surface area contributed by atoms with Crippen molar-refractivity contribution < 1.29 is 19.2 Å². The fourth-order valence-electron chi connectivity index (χ4n) is 3.48. The first-order valence-electron chi connectivity index (χ1n) is 7.72. The Morgan fingerprint density at radius 2 is 1.91 bits per heavy atom. The summed E-state index contributed by atoms with van der Waals surface area (Å²) in [4.78, 5) is 50.1. The zero-order valence-corrected chi connectivity index (χ0v) is 13.0. The monoisotopic (exact) mass is 325 g/mol. The molecule has 0 aromatic carbocycles. The van der Waals surface area contributed by atoms with Crippen molar-refractivity contribution in [1.82, 2.24) is 9.80 Å². The number of piperidine rings is 1. The number of likely N-dealkylation sites (tertiary alicyclic amines) is 2. The van der Waals surface area contributed by atoms with Gasteiger partial charge in [0.1, 0.15) is 11.6 Å². The summed E-state index contributed by atoms with van der Waals surface area (Å²) < 4.78 is 0. The van der Waals surface area contributed by atoms with Crippen molar-refractivity contribution in [2.45, 2.75) is 43.7 Å². The van der Waals surface area contributed by atoms with Crippen LogP contribution in [0.1, 0.15) is 32.1 Å². The van der Waals surface area contributed by atoms with Crippen molar-refractivity contribution in [3.8, 4) is 0 Å². The Balaban J connectivity index is 2.14. The molecule has 0 saturated carbocycles. The lowest BCUT2D eigenvalue weighted by atomic mass is 9.77. The van der Waals surface area contributed by atoms with Gasteiger partial charge in [0.2, 0.25) is 17.7 Å². The molecule has 0 aromatic rings. The molecule has 2 aliphatic heterocycles. The fraction of sp³-hybridized carbons (Fsp3) is 0.714. The molecule has 2 fully saturated rings. The van der Waals surface area contributed by atoms with E-state index in [0.717, 1.165) is 12.8 Å². The molecular formula is C14H23N5O4. The summed E-state index contributed by atoms with van der Waals surface area (Å²) in [7, 11) is 0. The topological polar surface area (TPSA) is 153 Å². The quantitative estimate of drug-likeness (QED) is 0.467. The number of primary amides is 2. The third-order valence-electron chi connectivity index (χ3n) is 4.67. The second-order valence-corrected chi connectivity index (χ2v) is 6.09. The normalized spacial score (nSPS) is 25.2. The molecule has 2 rings (SSSR count). The van der Waals surface area contributed by atoms with Crippen LogP contribution in [0, 0.1) is 0 Å². The van der Waals surface area contributed by atoms with Gasteiger partial charge in [-0.2, -0.15) is 0 Å².